The van der Waals surface area contributed by atoms with E-state index in [9.17, 15) is 4.79 Å². The summed E-state index contributed by atoms with van der Waals surface area (Å²) in [4.78, 5) is 33.2. The Hall–Kier alpha value is -2.06. The summed E-state index contributed by atoms with van der Waals surface area (Å²) in [6.45, 7) is 6.93. The number of nitrogens with zero attached hydrogens (tertiary/aromatic N) is 1. The monoisotopic (exact) mass is 367 g/mol. The third-order valence-corrected chi connectivity index (χ3v) is 7.89. The van der Waals surface area contributed by atoms with E-state index in [1.807, 2.05) is 18.5 Å². The van der Waals surface area contributed by atoms with Gasteiger partial charge in [0, 0.05) is 24.2 Å². The lowest BCUT2D eigenvalue weighted by Crippen LogP contribution is -2.51. The van der Waals surface area contributed by atoms with Crippen LogP contribution in [0.15, 0.2) is 30.6 Å². The summed E-state index contributed by atoms with van der Waals surface area (Å²) in [5, 5.41) is 0. The average Bonchev–Trinajstić information content (AvgIpc) is 3.03. The van der Waals surface area contributed by atoms with Gasteiger partial charge in [-0.3, -0.25) is 9.78 Å². The fourth-order valence-corrected chi connectivity index (χ4v) is 6.27. The van der Waals surface area contributed by atoms with Crippen molar-refractivity contribution in [3.63, 3.8) is 0 Å². The highest BCUT2D eigenvalue weighted by molar-refractivity contribution is 5.85. The van der Waals surface area contributed by atoms with Crippen molar-refractivity contribution in [3.8, 4) is 0 Å². The van der Waals surface area contributed by atoms with E-state index in [-0.39, 0.29) is 17.0 Å². The van der Waals surface area contributed by atoms with E-state index < -0.39 is 0 Å². The van der Waals surface area contributed by atoms with E-state index in [1.54, 1.807) is 0 Å². The smallest absolute Gasteiger partial charge is 0.299 e. The molecule has 3 aliphatic carbocycles. The van der Waals surface area contributed by atoms with Crippen LogP contribution in [0.5, 0.6) is 0 Å². The first-order valence-corrected chi connectivity index (χ1v) is 10.1. The third kappa shape index (κ3) is 3.10. The zero-order valence-electron chi connectivity index (χ0n) is 16.5. The topological polar surface area (TPSA) is 64.1 Å². The van der Waals surface area contributed by atoms with E-state index in [0.29, 0.717) is 23.5 Å². The molecule has 0 unspecified atom stereocenters. The van der Waals surface area contributed by atoms with Gasteiger partial charge in [0.1, 0.15) is 5.78 Å². The van der Waals surface area contributed by atoms with Gasteiger partial charge in [0.05, 0.1) is 0 Å². The molecule has 0 amide bonds. The highest BCUT2D eigenvalue weighted by atomic mass is 16.2. The SMILES string of the molecule is CC[C@@]1(C)C(=O)CC[C@@H]2[C@@H]1CC[C@]1(C)C(c3cccnc3)=CC[C@@H]21.O=C=O. The molecule has 1 heterocycles. The van der Waals surface area contributed by atoms with Crippen LogP contribution in [0.1, 0.15) is 64.9 Å². The number of Topliss-reactive ketones (excluding diaryl/α,β-unsaturated/α-hetero) is 1. The predicted molar refractivity (Wildman–Crippen MR) is 102 cm³/mol. The minimum atomic E-state index is -0.0820. The number of allylic oxidation sites excluding steroid dienone is 2. The molecular formula is C23H29NO3. The van der Waals surface area contributed by atoms with Crippen LogP contribution in [-0.2, 0) is 14.4 Å². The third-order valence-electron chi connectivity index (χ3n) is 7.89. The molecule has 4 nitrogen and oxygen atoms in total. The van der Waals surface area contributed by atoms with E-state index in [0.717, 1.165) is 19.3 Å². The Morgan fingerprint density at radius 3 is 2.59 bits per heavy atom. The van der Waals surface area contributed by atoms with E-state index in [4.69, 9.17) is 9.59 Å². The van der Waals surface area contributed by atoms with Gasteiger partial charge in [0.2, 0.25) is 0 Å². The van der Waals surface area contributed by atoms with E-state index >= 15 is 0 Å². The molecule has 2 fully saturated rings. The lowest BCUT2D eigenvalue weighted by Gasteiger charge is -2.55. The highest BCUT2D eigenvalue weighted by Crippen LogP contribution is 2.64. The molecule has 0 saturated heterocycles. The van der Waals surface area contributed by atoms with Crippen molar-refractivity contribution in [1.82, 2.24) is 4.98 Å². The van der Waals surface area contributed by atoms with Crippen molar-refractivity contribution in [3.05, 3.63) is 36.2 Å². The first kappa shape index (κ1) is 19.7. The first-order valence-electron chi connectivity index (χ1n) is 10.1. The van der Waals surface area contributed by atoms with Gasteiger partial charge >= 0.3 is 6.15 Å². The zero-order chi connectivity index (χ0) is 19.7. The number of carbonyl (C=O) groups is 1. The molecule has 4 heteroatoms. The molecule has 0 aromatic carbocycles. The van der Waals surface area contributed by atoms with Gasteiger partial charge in [0.25, 0.3) is 0 Å². The Kier molecular flexibility index (Phi) is 5.48. The second kappa shape index (κ2) is 7.52. The molecule has 27 heavy (non-hydrogen) atoms. The number of aromatic nitrogens is 1. The number of rotatable bonds is 2. The van der Waals surface area contributed by atoms with Gasteiger partial charge in [0.15, 0.2) is 0 Å². The Morgan fingerprint density at radius 2 is 1.96 bits per heavy atom. The fourth-order valence-electron chi connectivity index (χ4n) is 6.27. The van der Waals surface area contributed by atoms with Crippen molar-refractivity contribution < 1.29 is 14.4 Å². The van der Waals surface area contributed by atoms with E-state index in [2.05, 4.69) is 37.9 Å². The number of hydrogen-bond donors (Lipinski definition) is 0. The standard InChI is InChI=1S/C22H29NO.CO2/c1-4-21(2)19-11-12-22(3)17(15-6-5-13-23-14-15)8-9-18(22)16(19)7-10-20(21)24;2-1-3/h5-6,8,13-14,16,18-19H,4,7,9-12H2,1-3H3;/t16-,18-,19-,21+,22+;/m0./s1. The Labute approximate surface area is 161 Å². The summed E-state index contributed by atoms with van der Waals surface area (Å²) in [6, 6.07) is 4.25. The predicted octanol–water partition coefficient (Wildman–Crippen LogP) is 4.71. The van der Waals surface area contributed by atoms with Crippen LogP contribution in [0.3, 0.4) is 0 Å². The Balaban J connectivity index is 0.000000659. The lowest BCUT2D eigenvalue weighted by molar-refractivity contribution is -0.191. The molecule has 0 aliphatic heterocycles. The summed E-state index contributed by atoms with van der Waals surface area (Å²) in [7, 11) is 0. The molecule has 4 rings (SSSR count). The molecule has 144 valence electrons. The molecule has 5 atom stereocenters. The van der Waals surface area contributed by atoms with Gasteiger partial charge in [-0.2, -0.15) is 9.59 Å². The minimum Gasteiger partial charge on any atom is -0.299 e. The highest BCUT2D eigenvalue weighted by Gasteiger charge is 2.57. The summed E-state index contributed by atoms with van der Waals surface area (Å²) in [5.74, 6) is 2.51. The molecule has 0 spiro atoms. The van der Waals surface area contributed by atoms with Gasteiger partial charge in [-0.15, -0.1) is 0 Å². The molecule has 2 saturated carbocycles. The largest absolute Gasteiger partial charge is 0.373 e. The molecule has 0 bridgehead atoms. The average molecular weight is 367 g/mol. The van der Waals surface area contributed by atoms with Crippen molar-refractivity contribution in [2.45, 2.75) is 59.3 Å². The minimum absolute atomic E-state index is 0.0820. The number of pyridine rings is 1. The number of fused-ring (bicyclic) bond motifs is 3. The van der Waals surface area contributed by atoms with Gasteiger partial charge in [-0.25, -0.2) is 0 Å². The van der Waals surface area contributed by atoms with Crippen LogP contribution >= 0.6 is 0 Å². The maximum Gasteiger partial charge on any atom is 0.373 e. The first-order chi connectivity index (χ1) is 12.9. The normalized spacial score (nSPS) is 37.2. The van der Waals surface area contributed by atoms with Crippen molar-refractivity contribution in [1.29, 1.82) is 0 Å². The molecular weight excluding hydrogens is 338 g/mol. The second-order valence-electron chi connectivity index (χ2n) is 8.74. The zero-order valence-corrected chi connectivity index (χ0v) is 16.5. The molecule has 0 N–H and O–H groups in total. The van der Waals surface area contributed by atoms with Gasteiger partial charge < -0.3 is 0 Å². The Morgan fingerprint density at radius 1 is 1.22 bits per heavy atom. The molecule has 1 aromatic heterocycles. The fraction of sp³-hybridized carbons (Fsp3) is 0.609. The number of ketones is 1. The van der Waals surface area contributed by atoms with Crippen molar-refractivity contribution >= 4 is 17.5 Å². The maximum atomic E-state index is 12.6. The number of hydrogen-bond acceptors (Lipinski definition) is 4. The van der Waals surface area contributed by atoms with Gasteiger partial charge in [-0.1, -0.05) is 32.9 Å². The van der Waals surface area contributed by atoms with Crippen LogP contribution in [0, 0.1) is 28.6 Å². The Bertz CT molecular complexity index is 765. The lowest BCUT2D eigenvalue weighted by atomic mass is 9.48. The molecule has 3 aliphatic rings. The summed E-state index contributed by atoms with van der Waals surface area (Å²) in [6.07, 6.45) is 13.1. The van der Waals surface area contributed by atoms with Crippen LogP contribution in [0.25, 0.3) is 5.57 Å². The maximum absolute atomic E-state index is 12.6. The summed E-state index contributed by atoms with van der Waals surface area (Å²) < 4.78 is 0. The van der Waals surface area contributed by atoms with Crippen LogP contribution in [-0.4, -0.2) is 16.9 Å². The van der Waals surface area contributed by atoms with E-state index in [1.165, 1.54) is 30.4 Å². The van der Waals surface area contributed by atoms with Crippen LogP contribution < -0.4 is 0 Å². The van der Waals surface area contributed by atoms with Crippen LogP contribution in [0.2, 0.25) is 0 Å². The quantitative estimate of drug-likeness (QED) is 0.759. The number of carbonyl (C=O) groups excluding carboxylic acids is 3. The summed E-state index contributed by atoms with van der Waals surface area (Å²) in [5.41, 5.74) is 2.99. The second-order valence-corrected chi connectivity index (χ2v) is 8.74. The summed E-state index contributed by atoms with van der Waals surface area (Å²) >= 11 is 0. The molecule has 0 radical (unpaired) electrons. The van der Waals surface area contributed by atoms with Gasteiger partial charge in [-0.05, 0) is 72.5 Å². The molecule has 1 aromatic rings. The van der Waals surface area contributed by atoms with Crippen LogP contribution in [0.4, 0.5) is 0 Å². The van der Waals surface area contributed by atoms with Crippen molar-refractivity contribution in [2.75, 3.05) is 0 Å². The van der Waals surface area contributed by atoms with Crippen molar-refractivity contribution in [2.24, 2.45) is 28.6 Å².